The van der Waals surface area contributed by atoms with Gasteiger partial charge in [0.2, 0.25) is 0 Å². The molecular formula is C14H22N4O2. The quantitative estimate of drug-likeness (QED) is 0.926. The summed E-state index contributed by atoms with van der Waals surface area (Å²) in [5, 5.41) is 0. The molecule has 0 spiro atoms. The molecule has 0 saturated carbocycles. The summed E-state index contributed by atoms with van der Waals surface area (Å²) in [6.07, 6.45) is 1.62. The van der Waals surface area contributed by atoms with Crippen molar-refractivity contribution in [3.63, 3.8) is 0 Å². The summed E-state index contributed by atoms with van der Waals surface area (Å²) in [7, 11) is 0. The van der Waals surface area contributed by atoms with Crippen LogP contribution in [0.3, 0.4) is 0 Å². The zero-order valence-electron chi connectivity index (χ0n) is 12.7. The molecule has 0 amide bonds. The molecule has 0 radical (unpaired) electrons. The molecule has 1 N–H and O–H groups in total. The molecule has 0 aliphatic rings. The predicted molar refractivity (Wildman–Crippen MR) is 78.9 cm³/mol. The lowest BCUT2D eigenvalue weighted by Gasteiger charge is -2.19. The molecular weight excluding hydrogens is 256 g/mol. The highest BCUT2D eigenvalue weighted by Gasteiger charge is 2.18. The van der Waals surface area contributed by atoms with E-state index in [1.807, 2.05) is 18.4 Å². The average Bonchev–Trinajstić information content (AvgIpc) is 2.64. The molecule has 20 heavy (non-hydrogen) atoms. The topological polar surface area (TPSA) is 72.7 Å². The van der Waals surface area contributed by atoms with Gasteiger partial charge in [-0.05, 0) is 11.3 Å². The molecule has 2 rings (SSSR count). The Morgan fingerprint density at radius 1 is 1.30 bits per heavy atom. The van der Waals surface area contributed by atoms with Crippen LogP contribution < -0.4 is 11.2 Å². The molecule has 6 heteroatoms. The highest BCUT2D eigenvalue weighted by atomic mass is 16.2. The standard InChI is InChI=1S/C14H22N4O2/c1-9(2)6-18-12(19)10-11(16-13(18)20)15-8-17(10)7-14(3,4)5/h8-9H,6-7H2,1-5H3,(H,16,20). The Balaban J connectivity index is 2.65. The second-order valence-corrected chi connectivity index (χ2v) is 6.87. The van der Waals surface area contributed by atoms with Gasteiger partial charge < -0.3 is 4.57 Å². The molecule has 0 unspecified atom stereocenters. The van der Waals surface area contributed by atoms with Gasteiger partial charge in [-0.1, -0.05) is 34.6 Å². The van der Waals surface area contributed by atoms with Crippen molar-refractivity contribution < 1.29 is 0 Å². The summed E-state index contributed by atoms with van der Waals surface area (Å²) in [5.41, 5.74) is 0.208. The van der Waals surface area contributed by atoms with E-state index in [1.165, 1.54) is 4.57 Å². The Morgan fingerprint density at radius 2 is 1.95 bits per heavy atom. The summed E-state index contributed by atoms with van der Waals surface area (Å²) < 4.78 is 3.08. The fourth-order valence-corrected chi connectivity index (χ4v) is 2.25. The SMILES string of the molecule is CC(C)Cn1c(=O)[nH]c2ncn(CC(C)(C)C)c2c1=O. The summed E-state index contributed by atoms with van der Waals surface area (Å²) in [5.74, 6) is 0.227. The van der Waals surface area contributed by atoms with Gasteiger partial charge in [0, 0.05) is 13.1 Å². The van der Waals surface area contributed by atoms with Crippen molar-refractivity contribution >= 4 is 11.2 Å². The Bertz CT molecular complexity index is 728. The maximum atomic E-state index is 12.5. The number of fused-ring (bicyclic) bond motifs is 1. The third-order valence-electron chi connectivity index (χ3n) is 2.95. The number of imidazole rings is 1. The first-order valence-corrected chi connectivity index (χ1v) is 6.87. The van der Waals surface area contributed by atoms with Gasteiger partial charge in [-0.2, -0.15) is 0 Å². The van der Waals surface area contributed by atoms with Gasteiger partial charge in [-0.25, -0.2) is 9.78 Å². The third kappa shape index (κ3) is 2.84. The van der Waals surface area contributed by atoms with E-state index in [4.69, 9.17) is 0 Å². The maximum Gasteiger partial charge on any atom is 0.330 e. The van der Waals surface area contributed by atoms with Crippen molar-refractivity contribution in [3.05, 3.63) is 27.2 Å². The molecule has 0 bridgehead atoms. The zero-order chi connectivity index (χ0) is 15.1. The number of hydrogen-bond acceptors (Lipinski definition) is 3. The first kappa shape index (κ1) is 14.6. The molecule has 0 aromatic carbocycles. The van der Waals surface area contributed by atoms with Crippen LogP contribution in [0.2, 0.25) is 0 Å². The zero-order valence-corrected chi connectivity index (χ0v) is 12.7. The normalized spacial score (nSPS) is 12.5. The number of nitrogens with zero attached hydrogens (tertiary/aromatic N) is 3. The lowest BCUT2D eigenvalue weighted by atomic mass is 9.97. The van der Waals surface area contributed by atoms with Gasteiger partial charge in [-0.15, -0.1) is 0 Å². The fourth-order valence-electron chi connectivity index (χ4n) is 2.25. The third-order valence-corrected chi connectivity index (χ3v) is 2.95. The largest absolute Gasteiger partial charge is 0.330 e. The maximum absolute atomic E-state index is 12.5. The molecule has 0 fully saturated rings. The monoisotopic (exact) mass is 278 g/mol. The van der Waals surface area contributed by atoms with Crippen LogP contribution in [0.15, 0.2) is 15.9 Å². The van der Waals surface area contributed by atoms with Crippen LogP contribution in [0.25, 0.3) is 11.2 Å². The second kappa shape index (κ2) is 4.92. The number of aromatic nitrogens is 4. The van der Waals surface area contributed by atoms with Crippen LogP contribution in [-0.4, -0.2) is 19.1 Å². The van der Waals surface area contributed by atoms with Gasteiger partial charge in [0.1, 0.15) is 0 Å². The molecule has 6 nitrogen and oxygen atoms in total. The van der Waals surface area contributed by atoms with E-state index < -0.39 is 5.69 Å². The van der Waals surface area contributed by atoms with E-state index in [9.17, 15) is 9.59 Å². The van der Waals surface area contributed by atoms with Crippen LogP contribution in [0.5, 0.6) is 0 Å². The van der Waals surface area contributed by atoms with E-state index in [1.54, 1.807) is 6.33 Å². The van der Waals surface area contributed by atoms with Gasteiger partial charge in [-0.3, -0.25) is 14.3 Å². The van der Waals surface area contributed by atoms with Crippen molar-refractivity contribution in [2.75, 3.05) is 0 Å². The van der Waals surface area contributed by atoms with Gasteiger partial charge in [0.25, 0.3) is 5.56 Å². The number of rotatable bonds is 3. The summed E-state index contributed by atoms with van der Waals surface area (Å²) in [4.78, 5) is 31.3. The average molecular weight is 278 g/mol. The minimum atomic E-state index is -0.391. The highest BCUT2D eigenvalue weighted by Crippen LogP contribution is 2.18. The number of hydrogen-bond donors (Lipinski definition) is 1. The lowest BCUT2D eigenvalue weighted by molar-refractivity contribution is 0.347. The van der Waals surface area contributed by atoms with Crippen LogP contribution in [0.4, 0.5) is 0 Å². The minimum absolute atomic E-state index is 0.0269. The fraction of sp³-hybridized carbons (Fsp3) is 0.643. The summed E-state index contributed by atoms with van der Waals surface area (Å²) in [6.45, 7) is 11.3. The number of aromatic amines is 1. The summed E-state index contributed by atoms with van der Waals surface area (Å²) in [6, 6.07) is 0. The van der Waals surface area contributed by atoms with Crippen LogP contribution in [0, 0.1) is 11.3 Å². The van der Waals surface area contributed by atoms with Crippen molar-refractivity contribution in [1.29, 1.82) is 0 Å². The molecule has 0 aliphatic carbocycles. The first-order chi connectivity index (χ1) is 9.19. The van der Waals surface area contributed by atoms with Gasteiger partial charge >= 0.3 is 5.69 Å². The van der Waals surface area contributed by atoms with E-state index in [-0.39, 0.29) is 16.9 Å². The Morgan fingerprint density at radius 3 is 2.50 bits per heavy atom. The molecule has 2 aromatic heterocycles. The van der Waals surface area contributed by atoms with Crippen molar-refractivity contribution in [3.8, 4) is 0 Å². The lowest BCUT2D eigenvalue weighted by Crippen LogP contribution is -2.37. The molecule has 2 heterocycles. The van der Waals surface area contributed by atoms with Crippen molar-refractivity contribution in [2.24, 2.45) is 11.3 Å². The molecule has 2 aromatic rings. The Hall–Kier alpha value is -1.85. The van der Waals surface area contributed by atoms with Crippen LogP contribution >= 0.6 is 0 Å². The van der Waals surface area contributed by atoms with Gasteiger partial charge in [0.15, 0.2) is 11.2 Å². The minimum Gasteiger partial charge on any atom is -0.324 e. The molecule has 110 valence electrons. The smallest absolute Gasteiger partial charge is 0.324 e. The van der Waals surface area contributed by atoms with E-state index in [2.05, 4.69) is 30.7 Å². The molecule has 0 aliphatic heterocycles. The second-order valence-electron chi connectivity index (χ2n) is 6.87. The van der Waals surface area contributed by atoms with Crippen molar-refractivity contribution in [2.45, 2.75) is 47.7 Å². The van der Waals surface area contributed by atoms with E-state index >= 15 is 0 Å². The molecule has 0 saturated heterocycles. The van der Waals surface area contributed by atoms with Crippen LogP contribution in [0.1, 0.15) is 34.6 Å². The van der Waals surface area contributed by atoms with Crippen molar-refractivity contribution in [1.82, 2.24) is 19.1 Å². The van der Waals surface area contributed by atoms with E-state index in [0.29, 0.717) is 24.3 Å². The van der Waals surface area contributed by atoms with E-state index in [0.717, 1.165) is 0 Å². The first-order valence-electron chi connectivity index (χ1n) is 6.87. The van der Waals surface area contributed by atoms with Gasteiger partial charge in [0.05, 0.1) is 6.33 Å². The molecule has 0 atom stereocenters. The Labute approximate surface area is 117 Å². The van der Waals surface area contributed by atoms with Crippen LogP contribution in [-0.2, 0) is 13.1 Å². The summed E-state index contributed by atoms with van der Waals surface area (Å²) >= 11 is 0. The number of H-pyrrole nitrogens is 1. The predicted octanol–water partition coefficient (Wildman–Crippen LogP) is 1.59. The number of nitrogens with one attached hydrogen (secondary N) is 1. The highest BCUT2D eigenvalue weighted by molar-refractivity contribution is 5.69. The Kier molecular flexibility index (Phi) is 3.58.